The Labute approximate surface area is 100 Å². The lowest BCUT2D eigenvalue weighted by molar-refractivity contribution is 0.0490. The molecule has 4 nitrogen and oxygen atoms in total. The molecule has 0 atom stereocenters. The van der Waals surface area contributed by atoms with Gasteiger partial charge in [-0.15, -0.1) is 0 Å². The summed E-state index contributed by atoms with van der Waals surface area (Å²) in [5.74, 6) is -0.466. The smallest absolute Gasteiger partial charge is 0.358 e. The van der Waals surface area contributed by atoms with Crippen LogP contribution in [0.4, 0.5) is 0 Å². The highest BCUT2D eigenvalue weighted by Gasteiger charge is 2.09. The summed E-state index contributed by atoms with van der Waals surface area (Å²) in [6.45, 7) is 2.56. The summed E-state index contributed by atoms with van der Waals surface area (Å²) in [7, 11) is 0. The molecule has 0 aliphatic rings. The third kappa shape index (κ3) is 4.57. The Morgan fingerprint density at radius 1 is 1.38 bits per heavy atom. The van der Waals surface area contributed by atoms with Gasteiger partial charge in [0.1, 0.15) is 5.15 Å². The van der Waals surface area contributed by atoms with E-state index >= 15 is 0 Å². The fourth-order valence-corrected chi connectivity index (χ4v) is 1.36. The van der Waals surface area contributed by atoms with E-state index in [9.17, 15) is 4.79 Å². The van der Waals surface area contributed by atoms with Crippen molar-refractivity contribution >= 4 is 17.6 Å². The van der Waals surface area contributed by atoms with Crippen LogP contribution in [0.3, 0.4) is 0 Å². The van der Waals surface area contributed by atoms with Crippen molar-refractivity contribution in [2.75, 3.05) is 6.61 Å². The van der Waals surface area contributed by atoms with Gasteiger partial charge in [-0.2, -0.15) is 0 Å². The second-order valence-electron chi connectivity index (χ2n) is 3.42. The molecule has 0 N–H and O–H groups in total. The summed E-state index contributed by atoms with van der Waals surface area (Å²) in [5, 5.41) is 0.195. The third-order valence-electron chi connectivity index (χ3n) is 2.05. The van der Waals surface area contributed by atoms with Crippen molar-refractivity contribution in [3.63, 3.8) is 0 Å². The molecule has 0 aliphatic heterocycles. The van der Waals surface area contributed by atoms with Crippen LogP contribution in [0.1, 0.15) is 43.1 Å². The number of esters is 1. The number of hydrogen-bond donors (Lipinski definition) is 0. The molecular weight excluding hydrogens is 228 g/mol. The topological polar surface area (TPSA) is 52.1 Å². The van der Waals surface area contributed by atoms with Crippen LogP contribution in [-0.2, 0) is 4.74 Å². The average molecular weight is 243 g/mol. The monoisotopic (exact) mass is 242 g/mol. The number of carbonyl (C=O) groups excluding carboxylic acids is 1. The number of aromatic nitrogens is 2. The molecule has 0 aliphatic carbocycles. The van der Waals surface area contributed by atoms with Crippen LogP contribution in [0.25, 0.3) is 0 Å². The molecule has 0 radical (unpaired) electrons. The largest absolute Gasteiger partial charge is 0.461 e. The lowest BCUT2D eigenvalue weighted by Gasteiger charge is -2.03. The van der Waals surface area contributed by atoms with E-state index in [0.717, 1.165) is 25.7 Å². The van der Waals surface area contributed by atoms with Crippen molar-refractivity contribution in [3.8, 4) is 0 Å². The molecule has 1 heterocycles. The van der Waals surface area contributed by atoms with Gasteiger partial charge < -0.3 is 4.74 Å². The predicted molar refractivity (Wildman–Crippen MR) is 61.5 cm³/mol. The second-order valence-corrected chi connectivity index (χ2v) is 3.81. The van der Waals surface area contributed by atoms with Crippen molar-refractivity contribution in [1.29, 1.82) is 0 Å². The number of rotatable bonds is 6. The molecule has 1 aromatic rings. The zero-order valence-corrected chi connectivity index (χ0v) is 10.0. The Balaban J connectivity index is 2.30. The van der Waals surface area contributed by atoms with Crippen LogP contribution >= 0.6 is 11.6 Å². The Kier molecular flexibility index (Phi) is 5.78. The first-order chi connectivity index (χ1) is 7.74. The van der Waals surface area contributed by atoms with Gasteiger partial charge in [0.15, 0.2) is 5.69 Å². The minimum Gasteiger partial charge on any atom is -0.461 e. The van der Waals surface area contributed by atoms with Crippen molar-refractivity contribution in [1.82, 2.24) is 9.97 Å². The molecule has 0 spiro atoms. The third-order valence-corrected chi connectivity index (χ3v) is 2.23. The molecule has 16 heavy (non-hydrogen) atoms. The van der Waals surface area contributed by atoms with Crippen molar-refractivity contribution < 1.29 is 9.53 Å². The summed E-state index contributed by atoms with van der Waals surface area (Å²) in [6.07, 6.45) is 7.00. The molecule has 1 aromatic heterocycles. The highest BCUT2D eigenvalue weighted by molar-refractivity contribution is 6.29. The highest BCUT2D eigenvalue weighted by atomic mass is 35.5. The van der Waals surface area contributed by atoms with Gasteiger partial charge in [-0.05, 0) is 6.42 Å². The van der Waals surface area contributed by atoms with E-state index in [0.29, 0.717) is 6.61 Å². The van der Waals surface area contributed by atoms with Gasteiger partial charge in [0, 0.05) is 0 Å². The van der Waals surface area contributed by atoms with Gasteiger partial charge in [-0.25, -0.2) is 9.78 Å². The molecule has 5 heteroatoms. The molecule has 0 saturated heterocycles. The Bertz CT molecular complexity index is 345. The summed E-state index contributed by atoms with van der Waals surface area (Å²) in [5.41, 5.74) is 0.156. The highest BCUT2D eigenvalue weighted by Crippen LogP contribution is 2.05. The number of unbranched alkanes of at least 4 members (excludes halogenated alkanes) is 3. The van der Waals surface area contributed by atoms with E-state index in [1.54, 1.807) is 0 Å². The molecule has 0 aromatic carbocycles. The van der Waals surface area contributed by atoms with Crippen LogP contribution in [0, 0.1) is 0 Å². The van der Waals surface area contributed by atoms with Gasteiger partial charge in [0.25, 0.3) is 0 Å². The van der Waals surface area contributed by atoms with Crippen LogP contribution in [-0.4, -0.2) is 22.5 Å². The van der Waals surface area contributed by atoms with Crippen LogP contribution in [0.2, 0.25) is 5.15 Å². The molecule has 0 amide bonds. The SMILES string of the molecule is CCCCCCOC(=O)c1cncc(Cl)n1. The van der Waals surface area contributed by atoms with E-state index in [1.807, 2.05) is 0 Å². The average Bonchev–Trinajstić information content (AvgIpc) is 2.28. The molecular formula is C11H15ClN2O2. The van der Waals surface area contributed by atoms with Gasteiger partial charge in [-0.3, -0.25) is 4.98 Å². The van der Waals surface area contributed by atoms with Crippen molar-refractivity contribution in [3.05, 3.63) is 23.2 Å². The summed E-state index contributed by atoms with van der Waals surface area (Å²) < 4.78 is 5.03. The summed E-state index contributed by atoms with van der Waals surface area (Å²) in [4.78, 5) is 19.0. The Hall–Kier alpha value is -1.16. The first-order valence-electron chi connectivity index (χ1n) is 5.38. The Morgan fingerprint density at radius 3 is 2.88 bits per heavy atom. The molecule has 0 fully saturated rings. The van der Waals surface area contributed by atoms with Gasteiger partial charge in [0.2, 0.25) is 0 Å². The number of halogens is 1. The van der Waals surface area contributed by atoms with Crippen LogP contribution in [0.5, 0.6) is 0 Å². The minimum absolute atomic E-state index is 0.156. The number of hydrogen-bond acceptors (Lipinski definition) is 4. The second kappa shape index (κ2) is 7.17. The molecule has 0 saturated carbocycles. The first-order valence-corrected chi connectivity index (χ1v) is 5.76. The maximum absolute atomic E-state index is 11.4. The van der Waals surface area contributed by atoms with Gasteiger partial charge in [-0.1, -0.05) is 37.8 Å². The van der Waals surface area contributed by atoms with Crippen molar-refractivity contribution in [2.24, 2.45) is 0 Å². The summed E-state index contributed by atoms with van der Waals surface area (Å²) in [6, 6.07) is 0. The lowest BCUT2D eigenvalue weighted by Crippen LogP contribution is -2.09. The quantitative estimate of drug-likeness (QED) is 0.569. The molecule has 1 rings (SSSR count). The van der Waals surface area contributed by atoms with Gasteiger partial charge >= 0.3 is 5.97 Å². The van der Waals surface area contributed by atoms with Gasteiger partial charge in [0.05, 0.1) is 19.0 Å². The molecule has 0 bridgehead atoms. The fourth-order valence-electron chi connectivity index (χ4n) is 1.21. The van der Waals surface area contributed by atoms with E-state index < -0.39 is 5.97 Å². The maximum atomic E-state index is 11.4. The minimum atomic E-state index is -0.466. The van der Waals surface area contributed by atoms with Crippen LogP contribution < -0.4 is 0 Å². The number of carbonyl (C=O) groups is 1. The Morgan fingerprint density at radius 2 is 2.19 bits per heavy atom. The zero-order valence-electron chi connectivity index (χ0n) is 9.28. The van der Waals surface area contributed by atoms with E-state index in [1.165, 1.54) is 12.4 Å². The van der Waals surface area contributed by atoms with Crippen molar-refractivity contribution in [2.45, 2.75) is 32.6 Å². The first kappa shape index (κ1) is 12.9. The maximum Gasteiger partial charge on any atom is 0.358 e. The molecule has 88 valence electrons. The predicted octanol–water partition coefficient (Wildman–Crippen LogP) is 2.87. The number of nitrogens with zero attached hydrogens (tertiary/aromatic N) is 2. The summed E-state index contributed by atoms with van der Waals surface area (Å²) >= 11 is 5.61. The fraction of sp³-hybridized carbons (Fsp3) is 0.545. The zero-order chi connectivity index (χ0) is 11.8. The van der Waals surface area contributed by atoms with Crippen LogP contribution in [0.15, 0.2) is 12.4 Å². The lowest BCUT2D eigenvalue weighted by atomic mass is 10.2. The normalized spacial score (nSPS) is 10.1. The van der Waals surface area contributed by atoms with E-state index in [4.69, 9.17) is 16.3 Å². The van der Waals surface area contributed by atoms with E-state index in [-0.39, 0.29) is 10.8 Å². The molecule has 0 unspecified atom stereocenters. The number of ether oxygens (including phenoxy) is 1. The van der Waals surface area contributed by atoms with E-state index in [2.05, 4.69) is 16.9 Å². The standard InChI is InChI=1S/C11H15ClN2O2/c1-2-3-4-5-6-16-11(15)9-7-13-8-10(12)14-9/h7-8H,2-6H2,1H3.